The van der Waals surface area contributed by atoms with Gasteiger partial charge in [0.15, 0.2) is 4.80 Å². The summed E-state index contributed by atoms with van der Waals surface area (Å²) >= 11 is 1.26. The average Bonchev–Trinajstić information content (AvgIpc) is 3.02. The van der Waals surface area contributed by atoms with Crippen LogP contribution in [0.5, 0.6) is 5.75 Å². The third kappa shape index (κ3) is 3.96. The van der Waals surface area contributed by atoms with E-state index in [0.29, 0.717) is 26.2 Å². The lowest BCUT2D eigenvalue weighted by Crippen LogP contribution is -2.39. The lowest BCUT2D eigenvalue weighted by Gasteiger charge is -2.24. The van der Waals surface area contributed by atoms with Crippen molar-refractivity contribution in [2.45, 2.75) is 26.8 Å². The predicted molar refractivity (Wildman–Crippen MR) is 120 cm³/mol. The number of allylic oxidation sites excluding steroid dienone is 1. The van der Waals surface area contributed by atoms with Crippen LogP contribution in [0, 0.1) is 6.92 Å². The van der Waals surface area contributed by atoms with Crippen LogP contribution >= 0.6 is 11.3 Å². The molecule has 1 aliphatic heterocycles. The van der Waals surface area contributed by atoms with E-state index in [-0.39, 0.29) is 17.9 Å². The number of aryl methyl sites for hydroxylation is 1. The highest BCUT2D eigenvalue weighted by atomic mass is 32.1. The van der Waals surface area contributed by atoms with Crippen LogP contribution in [0.1, 0.15) is 36.6 Å². The molecule has 0 radical (unpaired) electrons. The van der Waals surface area contributed by atoms with Crippen molar-refractivity contribution >= 4 is 23.4 Å². The molecule has 0 bridgehead atoms. The molecule has 6 nitrogen and oxygen atoms in total. The predicted octanol–water partition coefficient (Wildman–Crippen LogP) is 2.81. The Morgan fingerprint density at radius 2 is 1.97 bits per heavy atom. The lowest BCUT2D eigenvalue weighted by molar-refractivity contribution is -0.139. The molecule has 2 aromatic carbocycles. The van der Waals surface area contributed by atoms with Gasteiger partial charge in [0.25, 0.3) is 5.56 Å². The van der Waals surface area contributed by atoms with Gasteiger partial charge in [0.05, 0.1) is 28.5 Å². The molecule has 0 saturated heterocycles. The van der Waals surface area contributed by atoms with Crippen LogP contribution < -0.4 is 14.9 Å². The maximum absolute atomic E-state index is 13.4. The largest absolute Gasteiger partial charge is 0.508 e. The summed E-state index contributed by atoms with van der Waals surface area (Å²) < 4.78 is 7.32. The van der Waals surface area contributed by atoms with E-state index >= 15 is 0 Å². The SMILES string of the molecule is CCOC(=O)C1=C(C)N=c2s/c(=C\c3cccc(O)c3)c(=O)n2[C@H]1c1ccc(C)cc1. The van der Waals surface area contributed by atoms with Gasteiger partial charge in [-0.25, -0.2) is 9.79 Å². The fraction of sp³-hybridized carbons (Fsp3) is 0.208. The number of hydrogen-bond donors (Lipinski definition) is 1. The van der Waals surface area contributed by atoms with E-state index in [2.05, 4.69) is 4.99 Å². The molecule has 0 aliphatic carbocycles. The first kappa shape index (κ1) is 20.8. The van der Waals surface area contributed by atoms with E-state index in [0.717, 1.165) is 11.1 Å². The van der Waals surface area contributed by atoms with E-state index in [1.807, 2.05) is 37.3 Å². The summed E-state index contributed by atoms with van der Waals surface area (Å²) in [4.78, 5) is 31.3. The maximum atomic E-state index is 13.4. The minimum Gasteiger partial charge on any atom is -0.508 e. The second-order valence-electron chi connectivity index (χ2n) is 7.31. The van der Waals surface area contributed by atoms with Gasteiger partial charge in [-0.05, 0) is 50.1 Å². The number of aromatic nitrogens is 1. The average molecular weight is 435 g/mol. The summed E-state index contributed by atoms with van der Waals surface area (Å²) in [5.41, 5.74) is 3.26. The summed E-state index contributed by atoms with van der Waals surface area (Å²) in [7, 11) is 0. The number of carbonyl (C=O) groups excluding carboxylic acids is 1. The Kier molecular flexibility index (Phi) is 5.61. The van der Waals surface area contributed by atoms with Gasteiger partial charge in [-0.1, -0.05) is 53.3 Å². The van der Waals surface area contributed by atoms with Crippen molar-refractivity contribution in [3.63, 3.8) is 0 Å². The maximum Gasteiger partial charge on any atom is 0.338 e. The number of ether oxygens (including phenoxy) is 1. The number of esters is 1. The number of benzene rings is 2. The fourth-order valence-electron chi connectivity index (χ4n) is 3.62. The summed E-state index contributed by atoms with van der Waals surface area (Å²) in [6.45, 7) is 5.73. The molecule has 1 atom stereocenters. The molecular weight excluding hydrogens is 412 g/mol. The smallest absolute Gasteiger partial charge is 0.338 e. The topological polar surface area (TPSA) is 80.9 Å². The van der Waals surface area contributed by atoms with E-state index < -0.39 is 12.0 Å². The minimum atomic E-state index is -0.623. The van der Waals surface area contributed by atoms with E-state index in [4.69, 9.17) is 4.74 Å². The summed E-state index contributed by atoms with van der Waals surface area (Å²) in [6.07, 6.45) is 1.72. The summed E-state index contributed by atoms with van der Waals surface area (Å²) in [5, 5.41) is 9.74. The molecular formula is C24H22N2O4S. The number of phenols is 1. The van der Waals surface area contributed by atoms with Gasteiger partial charge in [0.2, 0.25) is 0 Å². The molecule has 0 fully saturated rings. The quantitative estimate of drug-likeness (QED) is 0.641. The first-order valence-corrected chi connectivity index (χ1v) is 10.8. The zero-order chi connectivity index (χ0) is 22.1. The van der Waals surface area contributed by atoms with Crippen LogP contribution in [0.15, 0.2) is 69.6 Å². The summed E-state index contributed by atoms with van der Waals surface area (Å²) in [6, 6.07) is 13.8. The van der Waals surface area contributed by atoms with Crippen LogP contribution in [0.2, 0.25) is 0 Å². The second-order valence-corrected chi connectivity index (χ2v) is 8.32. The van der Waals surface area contributed by atoms with Gasteiger partial charge in [0, 0.05) is 0 Å². The van der Waals surface area contributed by atoms with Crippen molar-refractivity contribution < 1.29 is 14.6 Å². The number of fused-ring (bicyclic) bond motifs is 1. The standard InChI is InChI=1S/C24H22N2O4S/c1-4-30-23(29)20-15(3)25-24-26(21(20)17-10-8-14(2)9-11-17)22(28)19(31-24)13-16-6-5-7-18(27)12-16/h5-13,21,27H,4H2,1-3H3/b19-13-/t21-/m0/s1. The molecule has 0 amide bonds. The molecule has 31 heavy (non-hydrogen) atoms. The molecule has 2 heterocycles. The third-order valence-corrected chi connectivity index (χ3v) is 6.06. The van der Waals surface area contributed by atoms with Gasteiger partial charge in [0.1, 0.15) is 5.75 Å². The lowest BCUT2D eigenvalue weighted by atomic mass is 9.95. The number of thiazole rings is 1. The number of carbonyl (C=O) groups is 1. The molecule has 1 aromatic heterocycles. The van der Waals surface area contributed by atoms with E-state index in [1.165, 1.54) is 11.3 Å². The number of phenolic OH excluding ortho intramolecular Hbond substituents is 1. The van der Waals surface area contributed by atoms with E-state index in [9.17, 15) is 14.7 Å². The van der Waals surface area contributed by atoms with Crippen molar-refractivity contribution in [1.82, 2.24) is 4.57 Å². The number of aromatic hydroxyl groups is 1. The zero-order valence-electron chi connectivity index (χ0n) is 17.5. The third-order valence-electron chi connectivity index (χ3n) is 5.08. The van der Waals surface area contributed by atoms with Crippen molar-refractivity contribution in [1.29, 1.82) is 0 Å². The van der Waals surface area contributed by atoms with Gasteiger partial charge >= 0.3 is 5.97 Å². The van der Waals surface area contributed by atoms with Gasteiger partial charge in [-0.3, -0.25) is 9.36 Å². The minimum absolute atomic E-state index is 0.125. The normalized spacial score (nSPS) is 16.1. The van der Waals surface area contributed by atoms with Crippen LogP contribution in [0.25, 0.3) is 6.08 Å². The van der Waals surface area contributed by atoms with Crippen LogP contribution in [0.4, 0.5) is 0 Å². The van der Waals surface area contributed by atoms with E-state index in [1.54, 1.807) is 42.7 Å². The van der Waals surface area contributed by atoms with Crippen LogP contribution in [-0.2, 0) is 9.53 Å². The van der Waals surface area contributed by atoms with Crippen molar-refractivity contribution in [3.05, 3.63) is 96.2 Å². The second kappa shape index (κ2) is 8.35. The van der Waals surface area contributed by atoms with Crippen molar-refractivity contribution in [2.75, 3.05) is 6.61 Å². The zero-order valence-corrected chi connectivity index (χ0v) is 18.3. The Bertz CT molecular complexity index is 1360. The highest BCUT2D eigenvalue weighted by molar-refractivity contribution is 7.07. The Morgan fingerprint density at radius 1 is 1.23 bits per heavy atom. The number of rotatable bonds is 4. The van der Waals surface area contributed by atoms with Crippen molar-refractivity contribution in [3.8, 4) is 5.75 Å². The molecule has 1 aliphatic rings. The Labute approximate surface area is 183 Å². The molecule has 7 heteroatoms. The molecule has 0 spiro atoms. The molecule has 0 saturated carbocycles. The van der Waals surface area contributed by atoms with Crippen LogP contribution in [-0.4, -0.2) is 22.2 Å². The van der Waals surface area contributed by atoms with Crippen molar-refractivity contribution in [2.24, 2.45) is 4.99 Å². The van der Waals surface area contributed by atoms with Gasteiger partial charge in [-0.15, -0.1) is 0 Å². The number of nitrogens with zero attached hydrogens (tertiary/aromatic N) is 2. The van der Waals surface area contributed by atoms with Crippen LogP contribution in [0.3, 0.4) is 0 Å². The number of hydrogen-bond acceptors (Lipinski definition) is 6. The molecule has 0 unspecified atom stereocenters. The first-order valence-electron chi connectivity index (χ1n) is 9.94. The highest BCUT2D eigenvalue weighted by Gasteiger charge is 2.33. The Hall–Kier alpha value is -3.45. The first-order chi connectivity index (χ1) is 14.9. The Balaban J connectivity index is 1.96. The fourth-order valence-corrected chi connectivity index (χ4v) is 4.67. The van der Waals surface area contributed by atoms with Gasteiger partial charge < -0.3 is 9.84 Å². The molecule has 3 aromatic rings. The highest BCUT2D eigenvalue weighted by Crippen LogP contribution is 2.30. The monoisotopic (exact) mass is 434 g/mol. The van der Waals surface area contributed by atoms with Gasteiger partial charge in [-0.2, -0.15) is 0 Å². The molecule has 1 N–H and O–H groups in total. The Morgan fingerprint density at radius 3 is 2.65 bits per heavy atom. The summed E-state index contributed by atoms with van der Waals surface area (Å²) in [5.74, 6) is -0.351. The molecule has 4 rings (SSSR count). The molecule has 158 valence electrons.